The van der Waals surface area contributed by atoms with Crippen LogP contribution in [0.1, 0.15) is 33.6 Å². The number of aromatic nitrogens is 5. The summed E-state index contributed by atoms with van der Waals surface area (Å²) in [5, 5.41) is 10.1. The van der Waals surface area contributed by atoms with Crippen LogP contribution in [0.5, 0.6) is 0 Å². The van der Waals surface area contributed by atoms with Gasteiger partial charge in [-0.05, 0) is 37.1 Å². The van der Waals surface area contributed by atoms with E-state index in [4.69, 9.17) is 5.73 Å². The Kier molecular flexibility index (Phi) is 5.61. The number of rotatable bonds is 6. The number of carbonyl (C=O) groups is 2. The maximum Gasteiger partial charge on any atom is 0.279 e. The average Bonchev–Trinajstić information content (AvgIpc) is 3.55. The van der Waals surface area contributed by atoms with Crippen LogP contribution in [0.4, 0.5) is 17.3 Å². The van der Waals surface area contributed by atoms with Gasteiger partial charge in [-0.1, -0.05) is 0 Å². The molecule has 12 heteroatoms. The van der Waals surface area contributed by atoms with Gasteiger partial charge < -0.3 is 21.3 Å². The number of likely N-dealkylation sites (tertiary alicyclic amines) is 1. The lowest BCUT2D eigenvalue weighted by atomic mass is 10.2. The molecule has 5 heterocycles. The summed E-state index contributed by atoms with van der Waals surface area (Å²) in [5.74, 6) is 0.524. The predicted octanol–water partition coefficient (Wildman–Crippen LogP) is 1.40. The van der Waals surface area contributed by atoms with Gasteiger partial charge in [-0.25, -0.2) is 9.97 Å². The van der Waals surface area contributed by atoms with Gasteiger partial charge in [-0.15, -0.1) is 0 Å². The summed E-state index contributed by atoms with van der Waals surface area (Å²) in [5.41, 5.74) is 6.21. The number of nitrogens with two attached hydrogens (primary N) is 1. The Balaban J connectivity index is 1.45. The van der Waals surface area contributed by atoms with Gasteiger partial charge in [0.2, 0.25) is 0 Å². The fourth-order valence-electron chi connectivity index (χ4n) is 4.04. The van der Waals surface area contributed by atoms with Crippen LogP contribution in [0.3, 0.4) is 0 Å². The molecule has 0 radical (unpaired) electrons. The number of carbonyl (C=O) groups excluding carboxylic acids is 2. The molecule has 1 saturated heterocycles. The van der Waals surface area contributed by atoms with Gasteiger partial charge >= 0.3 is 0 Å². The number of primary amides is 1. The van der Waals surface area contributed by atoms with Crippen molar-refractivity contribution in [3.8, 4) is 5.82 Å². The van der Waals surface area contributed by atoms with E-state index < -0.39 is 5.91 Å². The standard InChI is InChI=1S/C23H23N9O3/c1-25-19-11-17(29-21-15(20(24)33)13-27-32(19)21)28-16-5-4-10-31(23(16)35)18-7-6-14(12-26-18)22(34)30-8-2-3-9-30/h4-7,10-13,25H,2-3,8-9H2,1H3,(H2,24,33)(H,28,29). The minimum atomic E-state index is -0.661. The third kappa shape index (κ3) is 4.05. The summed E-state index contributed by atoms with van der Waals surface area (Å²) >= 11 is 0. The number of amides is 2. The molecule has 4 N–H and O–H groups in total. The lowest BCUT2D eigenvalue weighted by molar-refractivity contribution is 0.0792. The molecule has 0 spiro atoms. The average molecular weight is 473 g/mol. The fourth-order valence-corrected chi connectivity index (χ4v) is 4.04. The van der Waals surface area contributed by atoms with Crippen molar-refractivity contribution in [1.82, 2.24) is 29.0 Å². The van der Waals surface area contributed by atoms with Gasteiger partial charge in [0.1, 0.15) is 28.7 Å². The van der Waals surface area contributed by atoms with Gasteiger partial charge in [0.25, 0.3) is 17.4 Å². The van der Waals surface area contributed by atoms with Gasteiger partial charge in [-0.3, -0.25) is 19.0 Å². The minimum absolute atomic E-state index is 0.0543. The van der Waals surface area contributed by atoms with Crippen molar-refractivity contribution >= 4 is 34.8 Å². The van der Waals surface area contributed by atoms with Crippen molar-refractivity contribution in [2.24, 2.45) is 5.73 Å². The molecule has 1 aliphatic heterocycles. The number of hydrogen-bond donors (Lipinski definition) is 3. The summed E-state index contributed by atoms with van der Waals surface area (Å²) in [6.07, 6.45) is 6.44. The Labute approximate surface area is 199 Å². The van der Waals surface area contributed by atoms with Crippen LogP contribution in [-0.2, 0) is 0 Å². The molecule has 4 aromatic heterocycles. The maximum atomic E-state index is 13.2. The van der Waals surface area contributed by atoms with Crippen molar-refractivity contribution in [1.29, 1.82) is 0 Å². The van der Waals surface area contributed by atoms with E-state index in [1.807, 2.05) is 0 Å². The lowest BCUT2D eigenvalue weighted by Crippen LogP contribution is -2.28. The zero-order chi connectivity index (χ0) is 24.5. The summed E-state index contributed by atoms with van der Waals surface area (Å²) in [6.45, 7) is 1.51. The molecule has 0 aromatic carbocycles. The molecule has 0 atom stereocenters. The predicted molar refractivity (Wildman–Crippen MR) is 129 cm³/mol. The van der Waals surface area contributed by atoms with Crippen molar-refractivity contribution in [2.75, 3.05) is 30.8 Å². The van der Waals surface area contributed by atoms with E-state index in [1.54, 1.807) is 48.5 Å². The van der Waals surface area contributed by atoms with Crippen LogP contribution >= 0.6 is 0 Å². The first-order valence-electron chi connectivity index (χ1n) is 11.1. The Morgan fingerprint density at radius 1 is 1.11 bits per heavy atom. The van der Waals surface area contributed by atoms with E-state index in [0.717, 1.165) is 25.9 Å². The number of nitrogens with one attached hydrogen (secondary N) is 2. The first kappa shape index (κ1) is 22.1. The summed E-state index contributed by atoms with van der Waals surface area (Å²) in [7, 11) is 1.70. The van der Waals surface area contributed by atoms with Gasteiger partial charge in [-0.2, -0.15) is 9.61 Å². The molecule has 2 amide bonds. The minimum Gasteiger partial charge on any atom is -0.373 e. The van der Waals surface area contributed by atoms with E-state index in [0.29, 0.717) is 23.0 Å². The lowest BCUT2D eigenvalue weighted by Gasteiger charge is -2.15. The van der Waals surface area contributed by atoms with Crippen LogP contribution in [0.2, 0.25) is 0 Å². The molecule has 12 nitrogen and oxygen atoms in total. The molecule has 0 saturated carbocycles. The van der Waals surface area contributed by atoms with E-state index in [9.17, 15) is 14.4 Å². The molecular formula is C23H23N9O3. The zero-order valence-electron chi connectivity index (χ0n) is 18.9. The van der Waals surface area contributed by atoms with E-state index in [-0.39, 0.29) is 28.4 Å². The quantitative estimate of drug-likeness (QED) is 0.380. The highest BCUT2D eigenvalue weighted by Gasteiger charge is 2.20. The number of pyridine rings is 2. The second-order valence-corrected chi connectivity index (χ2v) is 8.06. The Hall–Kier alpha value is -4.74. The van der Waals surface area contributed by atoms with Crippen molar-refractivity contribution < 1.29 is 9.59 Å². The van der Waals surface area contributed by atoms with Crippen molar-refractivity contribution in [2.45, 2.75) is 12.8 Å². The summed E-state index contributed by atoms with van der Waals surface area (Å²) in [6, 6.07) is 8.28. The summed E-state index contributed by atoms with van der Waals surface area (Å²) in [4.78, 5) is 48.1. The highest BCUT2D eigenvalue weighted by molar-refractivity contribution is 5.99. The molecule has 0 unspecified atom stereocenters. The van der Waals surface area contributed by atoms with Crippen molar-refractivity contribution in [3.63, 3.8) is 0 Å². The third-order valence-corrected chi connectivity index (χ3v) is 5.84. The maximum absolute atomic E-state index is 13.2. The van der Waals surface area contributed by atoms with Gasteiger partial charge in [0.05, 0.1) is 11.8 Å². The SMILES string of the molecule is CNc1cc(Nc2cccn(-c3ccc(C(=O)N4CCCC4)cn3)c2=O)nc2c(C(N)=O)cnn12. The largest absolute Gasteiger partial charge is 0.373 e. The molecule has 0 bridgehead atoms. The van der Waals surface area contributed by atoms with E-state index in [2.05, 4.69) is 25.7 Å². The smallest absolute Gasteiger partial charge is 0.279 e. The number of hydrogen-bond acceptors (Lipinski definition) is 8. The van der Waals surface area contributed by atoms with Crippen LogP contribution in [0.15, 0.2) is 53.7 Å². The number of fused-ring (bicyclic) bond motifs is 1. The highest BCUT2D eigenvalue weighted by atomic mass is 16.2. The Morgan fingerprint density at radius 2 is 1.91 bits per heavy atom. The molecular weight excluding hydrogens is 450 g/mol. The number of anilines is 3. The van der Waals surface area contributed by atoms with Crippen molar-refractivity contribution in [3.05, 3.63) is 70.4 Å². The van der Waals surface area contributed by atoms with E-state index >= 15 is 0 Å². The highest BCUT2D eigenvalue weighted by Crippen LogP contribution is 2.21. The fraction of sp³-hybridized carbons (Fsp3) is 0.217. The van der Waals surface area contributed by atoms with Crippen LogP contribution in [-0.4, -0.2) is 61.0 Å². The van der Waals surface area contributed by atoms with Crippen LogP contribution in [0.25, 0.3) is 11.5 Å². The van der Waals surface area contributed by atoms with Crippen LogP contribution in [0, 0.1) is 0 Å². The van der Waals surface area contributed by atoms with Gasteiger partial charge in [0.15, 0.2) is 5.65 Å². The van der Waals surface area contributed by atoms with E-state index in [1.165, 1.54) is 21.5 Å². The monoisotopic (exact) mass is 473 g/mol. The number of nitrogens with zero attached hydrogens (tertiary/aromatic N) is 6. The molecule has 4 aromatic rings. The molecule has 0 aliphatic carbocycles. The van der Waals surface area contributed by atoms with Crippen LogP contribution < -0.4 is 21.9 Å². The Morgan fingerprint density at radius 3 is 2.60 bits per heavy atom. The first-order valence-corrected chi connectivity index (χ1v) is 11.1. The molecule has 5 rings (SSSR count). The second kappa shape index (κ2) is 8.89. The molecule has 1 aliphatic rings. The van der Waals surface area contributed by atoms with Gasteiger partial charge in [0, 0.05) is 38.6 Å². The third-order valence-electron chi connectivity index (χ3n) is 5.84. The molecule has 178 valence electrons. The summed E-state index contributed by atoms with van der Waals surface area (Å²) < 4.78 is 2.82. The normalized spacial score (nSPS) is 13.2. The second-order valence-electron chi connectivity index (χ2n) is 8.06. The molecule has 35 heavy (non-hydrogen) atoms. The topological polar surface area (TPSA) is 153 Å². The Bertz CT molecular complexity index is 1480. The first-order chi connectivity index (χ1) is 17.0. The molecule has 1 fully saturated rings. The zero-order valence-corrected chi connectivity index (χ0v) is 18.9.